The zero-order valence-electron chi connectivity index (χ0n) is 18.9. The molecule has 0 aliphatic rings. The lowest BCUT2D eigenvalue weighted by Gasteiger charge is -2.18. The summed E-state index contributed by atoms with van der Waals surface area (Å²) in [7, 11) is -1.28. The van der Waals surface area contributed by atoms with E-state index in [9.17, 15) is 8.42 Å². The van der Waals surface area contributed by atoms with E-state index < -0.39 is 15.3 Å². The number of fused-ring (bicyclic) bond motifs is 2. The molecule has 2 heterocycles. The molecule has 32 heavy (non-hydrogen) atoms. The quantitative estimate of drug-likeness (QED) is 0.418. The summed E-state index contributed by atoms with van der Waals surface area (Å²) in [4.78, 5) is 14.2. The molecule has 2 aromatic carbocycles. The lowest BCUT2D eigenvalue weighted by molar-refractivity contribution is 0.332. The number of hydrogen-bond donors (Lipinski definition) is 2. The summed E-state index contributed by atoms with van der Waals surface area (Å²) < 4.78 is 27.2. The van der Waals surface area contributed by atoms with Gasteiger partial charge in [-0.3, -0.25) is 4.72 Å². The van der Waals surface area contributed by atoms with Crippen LogP contribution < -0.4 is 4.72 Å². The first-order valence-electron chi connectivity index (χ1n) is 10.7. The van der Waals surface area contributed by atoms with Crippen LogP contribution in [0, 0.1) is 6.92 Å². The minimum atomic E-state index is -3.38. The molecule has 0 radical (unpaired) electrons. The van der Waals surface area contributed by atoms with Crippen LogP contribution in [-0.4, -0.2) is 47.1 Å². The van der Waals surface area contributed by atoms with Crippen molar-refractivity contribution in [3.63, 3.8) is 0 Å². The summed E-state index contributed by atoms with van der Waals surface area (Å²) in [6.45, 7) is 7.07. The van der Waals surface area contributed by atoms with E-state index in [4.69, 9.17) is 0 Å². The summed E-state index contributed by atoms with van der Waals surface area (Å²) in [5, 5.41) is 1.64. The molecular weight excluding hydrogens is 422 g/mol. The Bertz CT molecular complexity index is 1360. The van der Waals surface area contributed by atoms with Gasteiger partial charge in [0.15, 0.2) is 0 Å². The maximum absolute atomic E-state index is 12.3. The predicted octanol–water partition coefficient (Wildman–Crippen LogP) is 4.24. The Balaban J connectivity index is 1.52. The van der Waals surface area contributed by atoms with Gasteiger partial charge in [-0.15, -0.1) is 0 Å². The molecule has 0 amide bonds. The summed E-state index contributed by atoms with van der Waals surface area (Å²) in [5.41, 5.74) is 6.07. The van der Waals surface area contributed by atoms with Crippen molar-refractivity contribution in [1.82, 2.24) is 19.9 Å². The van der Waals surface area contributed by atoms with Gasteiger partial charge in [-0.2, -0.15) is 0 Å². The first-order valence-corrected chi connectivity index (χ1v) is 12.3. The van der Waals surface area contributed by atoms with E-state index in [0.29, 0.717) is 5.69 Å². The predicted molar refractivity (Wildman–Crippen MR) is 130 cm³/mol. The number of aryl methyl sites for hydroxylation is 1. The molecule has 2 N–H and O–H groups in total. The minimum Gasteiger partial charge on any atom is -0.358 e. The Morgan fingerprint density at radius 3 is 2.75 bits per heavy atom. The van der Waals surface area contributed by atoms with Crippen LogP contribution in [0.1, 0.15) is 30.7 Å². The van der Waals surface area contributed by atoms with E-state index in [2.05, 4.69) is 44.6 Å². The van der Waals surface area contributed by atoms with E-state index in [1.54, 1.807) is 26.2 Å². The topological polar surface area (TPSA) is 91.0 Å². The van der Waals surface area contributed by atoms with Crippen LogP contribution in [-0.2, 0) is 23.0 Å². The van der Waals surface area contributed by atoms with Crippen LogP contribution in [0.2, 0.25) is 0 Å². The fourth-order valence-electron chi connectivity index (χ4n) is 3.93. The minimum absolute atomic E-state index is 0.487. The van der Waals surface area contributed by atoms with Crippen molar-refractivity contribution in [3.05, 3.63) is 65.7 Å². The number of nitrogens with one attached hydrogen (secondary N) is 2. The molecule has 0 spiro atoms. The zero-order chi connectivity index (χ0) is 22.9. The van der Waals surface area contributed by atoms with Crippen molar-refractivity contribution >= 4 is 37.5 Å². The lowest BCUT2D eigenvalue weighted by Crippen LogP contribution is -2.22. The second-order valence-electron chi connectivity index (χ2n) is 8.55. The maximum Gasteiger partial charge on any atom is 0.235 e. The molecule has 0 aliphatic heterocycles. The van der Waals surface area contributed by atoms with Crippen LogP contribution in [0.15, 0.2) is 48.9 Å². The molecule has 168 valence electrons. The van der Waals surface area contributed by atoms with Gasteiger partial charge in [0.1, 0.15) is 6.33 Å². The smallest absolute Gasteiger partial charge is 0.235 e. The third kappa shape index (κ3) is 4.61. The Morgan fingerprint density at radius 1 is 1.16 bits per heavy atom. The molecular formula is C24H29N5O2S. The van der Waals surface area contributed by atoms with Gasteiger partial charge in [-0.1, -0.05) is 12.1 Å². The fraction of sp³-hybridized carbons (Fsp3) is 0.333. The van der Waals surface area contributed by atoms with Crippen molar-refractivity contribution in [3.8, 4) is 0 Å². The van der Waals surface area contributed by atoms with Crippen molar-refractivity contribution in [2.75, 3.05) is 18.3 Å². The van der Waals surface area contributed by atoms with Gasteiger partial charge in [0.05, 0.1) is 10.8 Å². The first kappa shape index (κ1) is 22.2. The number of benzene rings is 2. The highest BCUT2D eigenvalue weighted by Crippen LogP contribution is 2.27. The summed E-state index contributed by atoms with van der Waals surface area (Å²) in [5.74, 6) is 0. The second kappa shape index (κ2) is 8.88. The van der Waals surface area contributed by atoms with Crippen LogP contribution in [0.5, 0.6) is 0 Å². The normalized spacial score (nSPS) is 12.3. The van der Waals surface area contributed by atoms with Gasteiger partial charge in [-0.25, -0.2) is 18.4 Å². The van der Waals surface area contributed by atoms with Crippen LogP contribution >= 0.6 is 0 Å². The molecule has 0 saturated heterocycles. The Kier molecular flexibility index (Phi) is 6.17. The first-order chi connectivity index (χ1) is 15.2. The number of sulfonamides is 1. The SMILES string of the molecule is Cc1[nH]c2ccc(NS(=O)(=O)C(C)C)cc2c1CCN(C)Cc1cccc2ncncc12. The number of anilines is 1. The van der Waals surface area contributed by atoms with E-state index in [-0.39, 0.29) is 0 Å². The molecule has 2 aromatic heterocycles. The van der Waals surface area contributed by atoms with Gasteiger partial charge in [0.25, 0.3) is 0 Å². The Morgan fingerprint density at radius 2 is 1.97 bits per heavy atom. The molecule has 0 fully saturated rings. The highest BCUT2D eigenvalue weighted by atomic mass is 32.2. The number of hydrogen-bond acceptors (Lipinski definition) is 5. The molecule has 4 rings (SSSR count). The summed E-state index contributed by atoms with van der Waals surface area (Å²) in [6, 6.07) is 11.8. The highest BCUT2D eigenvalue weighted by molar-refractivity contribution is 7.93. The van der Waals surface area contributed by atoms with Gasteiger partial charge in [0, 0.05) is 47.0 Å². The van der Waals surface area contributed by atoms with Crippen molar-refractivity contribution in [1.29, 1.82) is 0 Å². The van der Waals surface area contributed by atoms with Gasteiger partial charge >= 0.3 is 0 Å². The molecule has 8 heteroatoms. The largest absolute Gasteiger partial charge is 0.358 e. The average molecular weight is 452 g/mol. The number of aromatic nitrogens is 3. The number of H-pyrrole nitrogens is 1. The molecule has 0 saturated carbocycles. The van der Waals surface area contributed by atoms with E-state index in [1.807, 2.05) is 30.5 Å². The lowest BCUT2D eigenvalue weighted by atomic mass is 10.1. The van der Waals surface area contributed by atoms with E-state index in [0.717, 1.165) is 47.0 Å². The molecule has 0 aliphatic carbocycles. The van der Waals surface area contributed by atoms with Gasteiger partial charge < -0.3 is 9.88 Å². The highest BCUT2D eigenvalue weighted by Gasteiger charge is 2.17. The van der Waals surface area contributed by atoms with Crippen molar-refractivity contribution < 1.29 is 8.42 Å². The van der Waals surface area contributed by atoms with Crippen molar-refractivity contribution in [2.45, 2.75) is 39.0 Å². The fourth-order valence-corrected chi connectivity index (χ4v) is 4.62. The number of likely N-dealkylation sites (N-methyl/N-ethyl adjacent to an activating group) is 1. The molecule has 0 bridgehead atoms. The Hall–Kier alpha value is -2.97. The molecule has 0 unspecified atom stereocenters. The van der Waals surface area contributed by atoms with E-state index in [1.165, 1.54) is 11.1 Å². The maximum atomic E-state index is 12.3. The molecule has 7 nitrogen and oxygen atoms in total. The standard InChI is InChI=1S/C24H29N5O2S/c1-16(2)32(30,31)28-19-8-9-24-21(12-19)20(17(3)27-24)10-11-29(4)14-18-6-5-7-23-22(18)13-25-15-26-23/h5-9,12-13,15-16,27-28H,10-11,14H2,1-4H3. The third-order valence-corrected chi connectivity index (χ3v) is 7.59. The number of rotatable bonds is 8. The number of nitrogens with zero attached hydrogens (tertiary/aromatic N) is 3. The molecule has 0 atom stereocenters. The Labute approximate surface area is 188 Å². The molecule has 4 aromatic rings. The average Bonchev–Trinajstić information content (AvgIpc) is 3.06. The summed E-state index contributed by atoms with van der Waals surface area (Å²) in [6.07, 6.45) is 4.30. The number of aromatic amines is 1. The zero-order valence-corrected chi connectivity index (χ0v) is 19.7. The monoisotopic (exact) mass is 451 g/mol. The second-order valence-corrected chi connectivity index (χ2v) is 10.8. The van der Waals surface area contributed by atoms with E-state index >= 15 is 0 Å². The van der Waals surface area contributed by atoms with Gasteiger partial charge in [-0.05, 0) is 69.6 Å². The summed E-state index contributed by atoms with van der Waals surface area (Å²) >= 11 is 0. The van der Waals surface area contributed by atoms with Crippen LogP contribution in [0.25, 0.3) is 21.8 Å². The van der Waals surface area contributed by atoms with Crippen LogP contribution in [0.4, 0.5) is 5.69 Å². The van der Waals surface area contributed by atoms with Crippen molar-refractivity contribution in [2.24, 2.45) is 0 Å². The van der Waals surface area contributed by atoms with Gasteiger partial charge in [0.2, 0.25) is 10.0 Å². The van der Waals surface area contributed by atoms with Crippen LogP contribution in [0.3, 0.4) is 0 Å². The third-order valence-electron chi connectivity index (χ3n) is 5.82.